The first kappa shape index (κ1) is 52.2. The van der Waals surface area contributed by atoms with Gasteiger partial charge in [-0.25, -0.2) is 9.97 Å². The zero-order chi connectivity index (χ0) is 61.5. The highest BCUT2D eigenvalue weighted by Gasteiger charge is 2.23. The van der Waals surface area contributed by atoms with Gasteiger partial charge in [-0.1, -0.05) is 206 Å². The Balaban J connectivity index is 0.815. The second-order valence-electron chi connectivity index (χ2n) is 24.9. The van der Waals surface area contributed by atoms with E-state index < -0.39 is 0 Å². The van der Waals surface area contributed by atoms with Crippen molar-refractivity contribution in [2.24, 2.45) is 0 Å². The van der Waals surface area contributed by atoms with Gasteiger partial charge in [-0.2, -0.15) is 0 Å². The van der Waals surface area contributed by atoms with Gasteiger partial charge in [0.1, 0.15) is 0 Å². The van der Waals surface area contributed by atoms with Crippen molar-refractivity contribution in [3.8, 4) is 67.6 Å². The summed E-state index contributed by atoms with van der Waals surface area (Å²) in [5.74, 6) is 0.647. The number of nitrogens with zero attached hydrogens (tertiary/aromatic N) is 6. The zero-order valence-corrected chi connectivity index (χ0v) is 50.9. The molecule has 0 saturated carbocycles. The molecule has 436 valence electrons. The lowest BCUT2D eigenvalue weighted by Gasteiger charge is -2.17. The molecule has 0 atom stereocenters. The van der Waals surface area contributed by atoms with E-state index in [0.717, 1.165) is 105 Å². The van der Waals surface area contributed by atoms with Gasteiger partial charge in [0.15, 0.2) is 5.82 Å². The highest BCUT2D eigenvalue weighted by atomic mass is 15.0. The SMILES string of the molecule is c1ccc(-n2c3ccccc3c3cc(-c4ccc5c(c4)c4ccccc4n5-c4cc(-c5nc(-c6cccc7ccccc67)c6ccc7ccccc7c6n5)cc(-n5c6ccccc6c6cc(-c7ccc8c(c7)c7ccccc7n8-c7ccccc7)ccc65)c4)ccc32)cc1. The molecule has 20 rings (SSSR count). The molecule has 6 heteroatoms. The molecule has 94 heavy (non-hydrogen) atoms. The number of para-hydroxylation sites is 6. The molecule has 20 aromatic rings. The van der Waals surface area contributed by atoms with E-state index in [1.165, 1.54) is 76.3 Å². The minimum Gasteiger partial charge on any atom is -0.309 e. The van der Waals surface area contributed by atoms with Crippen molar-refractivity contribution in [1.82, 2.24) is 28.2 Å². The third-order valence-electron chi connectivity index (χ3n) is 19.7. The van der Waals surface area contributed by atoms with E-state index >= 15 is 0 Å². The second kappa shape index (κ2) is 20.4. The number of hydrogen-bond donors (Lipinski definition) is 0. The third kappa shape index (κ3) is 7.90. The van der Waals surface area contributed by atoms with Gasteiger partial charge in [0.2, 0.25) is 0 Å². The summed E-state index contributed by atoms with van der Waals surface area (Å²) in [4.78, 5) is 11.5. The first-order valence-corrected chi connectivity index (χ1v) is 32.2. The fourth-order valence-electron chi connectivity index (χ4n) is 15.5. The van der Waals surface area contributed by atoms with E-state index in [1.54, 1.807) is 0 Å². The van der Waals surface area contributed by atoms with Crippen LogP contribution in [0.1, 0.15) is 0 Å². The lowest BCUT2D eigenvalue weighted by Crippen LogP contribution is -2.02. The lowest BCUT2D eigenvalue weighted by molar-refractivity contribution is 1.13. The van der Waals surface area contributed by atoms with Crippen LogP contribution in [0, 0.1) is 0 Å². The van der Waals surface area contributed by atoms with Gasteiger partial charge >= 0.3 is 0 Å². The summed E-state index contributed by atoms with van der Waals surface area (Å²) in [6.07, 6.45) is 0. The Labute approximate surface area is 540 Å². The van der Waals surface area contributed by atoms with Gasteiger partial charge in [0, 0.05) is 87.7 Å². The van der Waals surface area contributed by atoms with Crippen molar-refractivity contribution in [3.63, 3.8) is 0 Å². The smallest absolute Gasteiger partial charge is 0.160 e. The molecule has 6 nitrogen and oxygen atoms in total. The summed E-state index contributed by atoms with van der Waals surface area (Å²) in [6.45, 7) is 0. The van der Waals surface area contributed by atoms with Crippen molar-refractivity contribution < 1.29 is 0 Å². The van der Waals surface area contributed by atoms with Crippen LogP contribution < -0.4 is 0 Å². The second-order valence-corrected chi connectivity index (χ2v) is 24.9. The Kier molecular flexibility index (Phi) is 11.3. The Morgan fingerprint density at radius 1 is 0.191 bits per heavy atom. The van der Waals surface area contributed by atoms with Crippen LogP contribution in [0.3, 0.4) is 0 Å². The Bertz CT molecular complexity index is 6240. The van der Waals surface area contributed by atoms with Gasteiger partial charge in [0.25, 0.3) is 0 Å². The first-order chi connectivity index (χ1) is 46.6. The molecule has 0 radical (unpaired) electrons. The van der Waals surface area contributed by atoms with Crippen molar-refractivity contribution in [2.45, 2.75) is 0 Å². The van der Waals surface area contributed by atoms with Crippen LogP contribution in [-0.2, 0) is 0 Å². The van der Waals surface area contributed by atoms with Crippen molar-refractivity contribution in [3.05, 3.63) is 328 Å². The van der Waals surface area contributed by atoms with E-state index in [1.807, 2.05) is 0 Å². The van der Waals surface area contributed by atoms with E-state index in [9.17, 15) is 0 Å². The van der Waals surface area contributed by atoms with Gasteiger partial charge in [-0.3, -0.25) is 0 Å². The topological polar surface area (TPSA) is 45.5 Å². The van der Waals surface area contributed by atoms with Crippen molar-refractivity contribution in [1.29, 1.82) is 0 Å². The number of rotatable bonds is 8. The lowest BCUT2D eigenvalue weighted by atomic mass is 9.97. The number of fused-ring (bicyclic) bond motifs is 16. The maximum Gasteiger partial charge on any atom is 0.160 e. The molecule has 5 heterocycles. The zero-order valence-electron chi connectivity index (χ0n) is 50.9. The van der Waals surface area contributed by atoms with Crippen LogP contribution in [0.15, 0.2) is 328 Å². The van der Waals surface area contributed by atoms with Crippen LogP contribution in [0.25, 0.3) is 187 Å². The summed E-state index contributed by atoms with van der Waals surface area (Å²) in [7, 11) is 0. The molecule has 0 saturated heterocycles. The molecule has 0 aliphatic carbocycles. The molecular weight excluding hydrogens is 1140 g/mol. The number of aromatic nitrogens is 6. The maximum absolute atomic E-state index is 5.77. The minimum atomic E-state index is 0.647. The standard InChI is InChI=1S/C88H54N6/c1-3-23-62(24-4-1)91-78-34-15-11-29-68(78)74-50-57(39-44-82(74)91)59-41-46-84-76(52-59)70-31-13-17-36-80(70)93(84)64-48-61(88-89-86-67-28-10-8-21-56(67)38-43-73(86)87(90-88)72-33-19-22-55-20-7-9-27-66(55)72)49-65(54-64)94-81-37-18-14-32-71(81)77-53-60(42-47-85(77)94)58-40-45-83-75(51-58)69-30-12-16-35-79(69)92(83)63-25-5-2-6-26-63/h1-54H. The predicted octanol–water partition coefficient (Wildman–Crippen LogP) is 23.0. The Hall–Kier alpha value is -12.6. The van der Waals surface area contributed by atoms with Crippen LogP contribution >= 0.6 is 0 Å². The summed E-state index contributed by atoms with van der Waals surface area (Å²) < 4.78 is 9.68. The fourth-order valence-corrected chi connectivity index (χ4v) is 15.5. The molecular formula is C88H54N6. The summed E-state index contributed by atoms with van der Waals surface area (Å²) >= 11 is 0. The average molecular weight is 1200 g/mol. The molecule has 0 aliphatic rings. The molecule has 0 N–H and O–H groups in total. The van der Waals surface area contributed by atoms with Crippen molar-refractivity contribution >= 4 is 120 Å². The molecule has 0 amide bonds. The monoisotopic (exact) mass is 1190 g/mol. The highest BCUT2D eigenvalue weighted by Crippen LogP contribution is 2.44. The maximum atomic E-state index is 5.77. The van der Waals surface area contributed by atoms with Gasteiger partial charge in [-0.15, -0.1) is 0 Å². The molecule has 0 aliphatic heterocycles. The summed E-state index contributed by atoms with van der Waals surface area (Å²) in [6, 6.07) is 120. The van der Waals surface area contributed by atoms with Gasteiger partial charge in [0.05, 0.1) is 55.3 Å². The number of benzene rings is 15. The molecule has 0 fully saturated rings. The fraction of sp³-hybridized carbons (Fsp3) is 0. The third-order valence-corrected chi connectivity index (χ3v) is 19.7. The molecule has 0 unspecified atom stereocenters. The van der Waals surface area contributed by atoms with Crippen molar-refractivity contribution in [2.75, 3.05) is 0 Å². The van der Waals surface area contributed by atoms with E-state index in [2.05, 4.69) is 346 Å². The van der Waals surface area contributed by atoms with Gasteiger partial charge < -0.3 is 18.3 Å². The summed E-state index contributed by atoms with van der Waals surface area (Å²) in [5.41, 5.74) is 21.9. The normalized spacial score (nSPS) is 12.0. The largest absolute Gasteiger partial charge is 0.309 e. The van der Waals surface area contributed by atoms with Gasteiger partial charge in [-0.05, 0) is 160 Å². The van der Waals surface area contributed by atoms with Crippen LogP contribution in [0.4, 0.5) is 0 Å². The van der Waals surface area contributed by atoms with Crippen LogP contribution in [-0.4, -0.2) is 28.2 Å². The quantitative estimate of drug-likeness (QED) is 0.142. The Morgan fingerprint density at radius 3 is 0.989 bits per heavy atom. The van der Waals surface area contributed by atoms with Crippen LogP contribution in [0.2, 0.25) is 0 Å². The van der Waals surface area contributed by atoms with E-state index in [0.29, 0.717) is 5.82 Å². The molecule has 0 bridgehead atoms. The summed E-state index contributed by atoms with van der Waals surface area (Å²) in [5, 5.41) is 15.1. The first-order valence-electron chi connectivity index (χ1n) is 32.2. The Morgan fingerprint density at radius 2 is 0.543 bits per heavy atom. The number of hydrogen-bond acceptors (Lipinski definition) is 2. The minimum absolute atomic E-state index is 0.647. The van der Waals surface area contributed by atoms with E-state index in [4.69, 9.17) is 9.97 Å². The van der Waals surface area contributed by atoms with E-state index in [-0.39, 0.29) is 0 Å². The highest BCUT2D eigenvalue weighted by molar-refractivity contribution is 6.16. The predicted molar refractivity (Wildman–Crippen MR) is 394 cm³/mol. The average Bonchev–Trinajstić information content (AvgIpc) is 1.41. The van der Waals surface area contributed by atoms with Crippen LogP contribution in [0.5, 0.6) is 0 Å². The molecule has 0 spiro atoms. The molecule has 15 aromatic carbocycles. The molecule has 5 aromatic heterocycles.